The highest BCUT2D eigenvalue weighted by atomic mass is 16.5. The maximum absolute atomic E-state index is 10.8. The molecule has 1 fully saturated rings. The van der Waals surface area contributed by atoms with E-state index in [1.54, 1.807) is 6.07 Å². The van der Waals surface area contributed by atoms with Gasteiger partial charge >= 0.3 is 11.9 Å². The van der Waals surface area contributed by atoms with Crippen molar-refractivity contribution in [2.24, 2.45) is 11.3 Å². The van der Waals surface area contributed by atoms with Crippen LogP contribution in [0.3, 0.4) is 0 Å². The molecule has 0 heterocycles. The zero-order valence-electron chi connectivity index (χ0n) is 6.40. The van der Waals surface area contributed by atoms with Crippen molar-refractivity contribution in [1.82, 2.24) is 0 Å². The van der Waals surface area contributed by atoms with Gasteiger partial charge in [0.15, 0.2) is 5.41 Å². The lowest BCUT2D eigenvalue weighted by Crippen LogP contribution is -2.19. The topological polar surface area (TPSA) is 87.4 Å². The third-order valence-corrected chi connectivity index (χ3v) is 2.03. The zero-order valence-corrected chi connectivity index (χ0v) is 6.40. The molecule has 2 unspecified atom stereocenters. The van der Waals surface area contributed by atoms with E-state index in [4.69, 9.17) is 10.4 Å². The molecular weight excluding hydrogens is 162 g/mol. The number of ether oxygens (including phenoxy) is 1. The van der Waals surface area contributed by atoms with Gasteiger partial charge in [-0.3, -0.25) is 9.59 Å². The number of rotatable bonds is 2. The molecule has 5 heteroatoms. The molecule has 12 heavy (non-hydrogen) atoms. The van der Waals surface area contributed by atoms with Gasteiger partial charge in [0.05, 0.1) is 19.1 Å². The van der Waals surface area contributed by atoms with Gasteiger partial charge in [0.25, 0.3) is 0 Å². The molecule has 1 aliphatic carbocycles. The van der Waals surface area contributed by atoms with Crippen LogP contribution in [0.25, 0.3) is 0 Å². The lowest BCUT2D eigenvalue weighted by atomic mass is 10.1. The standard InChI is InChI=1S/C7H7NO4/c1-12-5(9)4-2-7(4,3-8)6(10)11/h4H,2H2,1H3,(H,10,11). The Kier molecular flexibility index (Phi) is 1.76. The number of carbonyl (C=O) groups is 2. The van der Waals surface area contributed by atoms with Crippen LogP contribution in [0.4, 0.5) is 0 Å². The maximum atomic E-state index is 10.8. The summed E-state index contributed by atoms with van der Waals surface area (Å²) >= 11 is 0. The van der Waals surface area contributed by atoms with Crippen molar-refractivity contribution in [3.63, 3.8) is 0 Å². The minimum absolute atomic E-state index is 0.0610. The molecule has 0 bridgehead atoms. The smallest absolute Gasteiger partial charge is 0.324 e. The lowest BCUT2D eigenvalue weighted by molar-refractivity contribution is -0.148. The summed E-state index contributed by atoms with van der Waals surface area (Å²) in [6.45, 7) is 0. The number of carbonyl (C=O) groups excluding carboxylic acids is 1. The van der Waals surface area contributed by atoms with Crippen molar-refractivity contribution >= 4 is 11.9 Å². The summed E-state index contributed by atoms with van der Waals surface area (Å²) in [7, 11) is 1.17. The predicted octanol–water partition coefficient (Wildman–Crippen LogP) is -0.226. The number of nitriles is 1. The van der Waals surface area contributed by atoms with Crippen molar-refractivity contribution < 1.29 is 19.4 Å². The Morgan fingerprint density at radius 3 is 2.58 bits per heavy atom. The average molecular weight is 169 g/mol. The minimum Gasteiger partial charge on any atom is -0.480 e. The van der Waals surface area contributed by atoms with Crippen molar-refractivity contribution in [3.05, 3.63) is 0 Å². The Labute approximate surface area is 68.5 Å². The molecule has 0 aromatic carbocycles. The fourth-order valence-electron chi connectivity index (χ4n) is 1.10. The molecule has 2 atom stereocenters. The Bertz CT molecular complexity index is 280. The Balaban J connectivity index is 2.76. The molecule has 1 aliphatic rings. The highest BCUT2D eigenvalue weighted by Crippen LogP contribution is 2.52. The van der Waals surface area contributed by atoms with Crippen molar-refractivity contribution in [3.8, 4) is 6.07 Å². The van der Waals surface area contributed by atoms with Gasteiger partial charge in [0.1, 0.15) is 0 Å². The van der Waals surface area contributed by atoms with E-state index in [9.17, 15) is 9.59 Å². The number of carboxylic acids is 1. The molecule has 64 valence electrons. The molecule has 0 radical (unpaired) electrons. The van der Waals surface area contributed by atoms with Gasteiger partial charge in [-0.15, -0.1) is 0 Å². The van der Waals surface area contributed by atoms with Crippen LogP contribution in [-0.4, -0.2) is 24.2 Å². The quantitative estimate of drug-likeness (QED) is 0.577. The van der Waals surface area contributed by atoms with Crippen LogP contribution in [-0.2, 0) is 14.3 Å². The second-order valence-electron chi connectivity index (χ2n) is 2.67. The molecule has 1 saturated carbocycles. The van der Waals surface area contributed by atoms with Crippen LogP contribution in [0.15, 0.2) is 0 Å². The van der Waals surface area contributed by atoms with E-state index >= 15 is 0 Å². The first-order valence-corrected chi connectivity index (χ1v) is 3.31. The highest BCUT2D eigenvalue weighted by Gasteiger charge is 2.66. The van der Waals surface area contributed by atoms with Crippen LogP contribution in [0.1, 0.15) is 6.42 Å². The number of nitrogens with zero attached hydrogens (tertiary/aromatic N) is 1. The molecular formula is C7H7NO4. The first-order chi connectivity index (χ1) is 5.58. The first kappa shape index (κ1) is 8.53. The normalized spacial score (nSPS) is 31.8. The van der Waals surface area contributed by atoms with Crippen molar-refractivity contribution in [1.29, 1.82) is 5.26 Å². The van der Waals surface area contributed by atoms with E-state index in [1.165, 1.54) is 7.11 Å². The Morgan fingerprint density at radius 2 is 2.33 bits per heavy atom. The van der Waals surface area contributed by atoms with Crippen LogP contribution in [0.2, 0.25) is 0 Å². The summed E-state index contributed by atoms with van der Waals surface area (Å²) in [4.78, 5) is 21.3. The van der Waals surface area contributed by atoms with Gasteiger partial charge in [-0.1, -0.05) is 0 Å². The first-order valence-electron chi connectivity index (χ1n) is 3.31. The van der Waals surface area contributed by atoms with Crippen LogP contribution in [0, 0.1) is 22.7 Å². The molecule has 5 nitrogen and oxygen atoms in total. The lowest BCUT2D eigenvalue weighted by Gasteiger charge is -1.99. The number of esters is 1. The minimum atomic E-state index is -1.52. The van der Waals surface area contributed by atoms with Crippen LogP contribution < -0.4 is 0 Å². The van der Waals surface area contributed by atoms with Crippen LogP contribution >= 0.6 is 0 Å². The fraction of sp³-hybridized carbons (Fsp3) is 0.571. The van der Waals surface area contributed by atoms with Gasteiger partial charge in [-0.25, -0.2) is 0 Å². The third-order valence-electron chi connectivity index (χ3n) is 2.03. The van der Waals surface area contributed by atoms with Gasteiger partial charge in [-0.05, 0) is 6.42 Å². The molecule has 0 aliphatic heterocycles. The van der Waals surface area contributed by atoms with Crippen LogP contribution in [0.5, 0.6) is 0 Å². The molecule has 0 saturated heterocycles. The number of methoxy groups -OCH3 is 1. The monoisotopic (exact) mass is 169 g/mol. The summed E-state index contributed by atoms with van der Waals surface area (Å²) in [5, 5.41) is 17.1. The summed E-state index contributed by atoms with van der Waals surface area (Å²) in [6.07, 6.45) is 0.0610. The van der Waals surface area contributed by atoms with Gasteiger partial charge in [0.2, 0.25) is 0 Å². The number of carboxylic acid groups (broad SMARTS) is 1. The molecule has 0 aromatic rings. The van der Waals surface area contributed by atoms with Gasteiger partial charge in [-0.2, -0.15) is 5.26 Å². The summed E-state index contributed by atoms with van der Waals surface area (Å²) < 4.78 is 4.33. The Morgan fingerprint density at radius 1 is 1.75 bits per heavy atom. The summed E-state index contributed by atoms with van der Waals surface area (Å²) in [6, 6.07) is 1.62. The SMILES string of the molecule is COC(=O)C1CC1(C#N)C(=O)O. The van der Waals surface area contributed by atoms with E-state index in [2.05, 4.69) is 4.74 Å². The predicted molar refractivity (Wildman–Crippen MR) is 35.8 cm³/mol. The van der Waals surface area contributed by atoms with Crippen molar-refractivity contribution in [2.75, 3.05) is 7.11 Å². The second-order valence-corrected chi connectivity index (χ2v) is 2.67. The number of aliphatic carboxylic acids is 1. The summed E-state index contributed by atoms with van der Waals surface area (Å²) in [5.74, 6) is -2.66. The zero-order chi connectivity index (χ0) is 9.35. The van der Waals surface area contributed by atoms with E-state index < -0.39 is 23.3 Å². The maximum Gasteiger partial charge on any atom is 0.324 e. The number of hydrogen-bond acceptors (Lipinski definition) is 4. The number of hydrogen-bond donors (Lipinski definition) is 1. The summed E-state index contributed by atoms with van der Waals surface area (Å²) in [5.41, 5.74) is -1.52. The van der Waals surface area contributed by atoms with E-state index in [-0.39, 0.29) is 6.42 Å². The highest BCUT2D eigenvalue weighted by molar-refractivity contribution is 5.92. The fourth-order valence-corrected chi connectivity index (χ4v) is 1.10. The largest absolute Gasteiger partial charge is 0.480 e. The van der Waals surface area contributed by atoms with E-state index in [1.807, 2.05) is 0 Å². The van der Waals surface area contributed by atoms with E-state index in [0.29, 0.717) is 0 Å². The Hall–Kier alpha value is -1.57. The van der Waals surface area contributed by atoms with Crippen molar-refractivity contribution in [2.45, 2.75) is 6.42 Å². The molecule has 0 amide bonds. The average Bonchev–Trinajstić information content (AvgIpc) is 2.78. The van der Waals surface area contributed by atoms with Gasteiger partial charge < -0.3 is 9.84 Å². The molecule has 1 rings (SSSR count). The third kappa shape index (κ3) is 0.925. The molecule has 1 N–H and O–H groups in total. The van der Waals surface area contributed by atoms with E-state index in [0.717, 1.165) is 0 Å². The molecule has 0 spiro atoms. The second kappa shape index (κ2) is 2.48. The molecule has 0 aromatic heterocycles. The van der Waals surface area contributed by atoms with Gasteiger partial charge in [0, 0.05) is 0 Å².